The number of benzene rings is 1. The molecule has 17 heavy (non-hydrogen) atoms. The molecule has 1 aliphatic carbocycles. The predicted octanol–water partition coefficient (Wildman–Crippen LogP) is 3.45. The number of nitrogens with one attached hydrogen (secondary N) is 1. The van der Waals surface area contributed by atoms with Crippen molar-refractivity contribution in [1.82, 2.24) is 0 Å². The van der Waals surface area contributed by atoms with Gasteiger partial charge < -0.3 is 10.4 Å². The van der Waals surface area contributed by atoms with Crippen molar-refractivity contribution in [3.8, 4) is 0 Å². The molecule has 0 aromatic heterocycles. The van der Waals surface area contributed by atoms with E-state index in [0.29, 0.717) is 10.3 Å². The quantitative estimate of drug-likeness (QED) is 0.873. The Hall–Kier alpha value is -0.680. The Morgan fingerprint density at radius 2 is 2.29 bits per heavy atom. The van der Waals surface area contributed by atoms with Crippen LogP contribution in [-0.2, 0) is 0 Å². The Kier molecular flexibility index (Phi) is 3.68. The molecule has 1 fully saturated rings. The van der Waals surface area contributed by atoms with E-state index in [1.165, 1.54) is 12.8 Å². The third kappa shape index (κ3) is 2.96. The largest absolute Gasteiger partial charge is 0.478 e. The van der Waals surface area contributed by atoms with Gasteiger partial charge in [0.2, 0.25) is 0 Å². The van der Waals surface area contributed by atoms with Crippen LogP contribution in [0, 0.1) is 0 Å². The number of carboxylic acid groups (broad SMARTS) is 1. The summed E-state index contributed by atoms with van der Waals surface area (Å²) in [6.07, 6.45) is 4.65. The molecule has 2 N–H and O–H groups in total. The minimum Gasteiger partial charge on any atom is -0.478 e. The van der Waals surface area contributed by atoms with E-state index in [9.17, 15) is 4.79 Å². The summed E-state index contributed by atoms with van der Waals surface area (Å²) in [6, 6.07) is 5.06. The molecular weight excluding hydrogens is 302 g/mol. The molecule has 0 spiro atoms. The van der Waals surface area contributed by atoms with Gasteiger partial charge in [-0.1, -0.05) is 0 Å². The number of aromatic carboxylic acids is 1. The molecule has 1 aromatic rings. The Morgan fingerprint density at radius 1 is 1.59 bits per heavy atom. The minimum atomic E-state index is -0.903. The monoisotopic (exact) mass is 315 g/mol. The molecule has 1 aliphatic rings. The van der Waals surface area contributed by atoms with Crippen molar-refractivity contribution in [3.05, 3.63) is 28.2 Å². The highest BCUT2D eigenvalue weighted by atomic mass is 79.9. The van der Waals surface area contributed by atoms with Gasteiger partial charge in [0.05, 0.1) is 5.56 Å². The summed E-state index contributed by atoms with van der Waals surface area (Å²) < 4.78 is 1.19. The average Bonchev–Trinajstić information content (AvgIpc) is 3.08. The number of anilines is 1. The van der Waals surface area contributed by atoms with Crippen LogP contribution >= 0.6 is 27.7 Å². The summed E-state index contributed by atoms with van der Waals surface area (Å²) in [5.41, 5.74) is 1.25. The molecule has 0 heterocycles. The van der Waals surface area contributed by atoms with Crippen molar-refractivity contribution in [2.24, 2.45) is 0 Å². The number of thioether (sulfide) groups is 1. The first-order chi connectivity index (χ1) is 8.06. The van der Waals surface area contributed by atoms with E-state index in [0.717, 1.165) is 16.7 Å². The Labute approximate surface area is 113 Å². The number of halogens is 1. The molecule has 0 radical (unpaired) electrons. The zero-order valence-electron chi connectivity index (χ0n) is 9.50. The Morgan fingerprint density at radius 3 is 2.76 bits per heavy atom. The van der Waals surface area contributed by atoms with Gasteiger partial charge in [0.1, 0.15) is 0 Å². The molecule has 5 heteroatoms. The van der Waals surface area contributed by atoms with E-state index in [2.05, 4.69) is 27.5 Å². The van der Waals surface area contributed by atoms with Crippen molar-refractivity contribution in [3.63, 3.8) is 0 Å². The maximum atomic E-state index is 10.8. The van der Waals surface area contributed by atoms with Gasteiger partial charge in [0.25, 0.3) is 0 Å². The Bertz CT molecular complexity index is 446. The summed E-state index contributed by atoms with van der Waals surface area (Å²) in [6.45, 7) is 0.930. The summed E-state index contributed by atoms with van der Waals surface area (Å²) >= 11 is 5.29. The van der Waals surface area contributed by atoms with Crippen LogP contribution < -0.4 is 5.32 Å². The van der Waals surface area contributed by atoms with E-state index in [1.807, 2.05) is 17.8 Å². The maximum absolute atomic E-state index is 10.8. The van der Waals surface area contributed by atoms with Crippen LogP contribution in [0.25, 0.3) is 0 Å². The number of rotatable bonds is 5. The normalized spacial score (nSPS) is 16.6. The smallest absolute Gasteiger partial charge is 0.335 e. The second-order valence-electron chi connectivity index (χ2n) is 4.24. The standard InChI is InChI=1S/C12H14BrNO2S/c1-17-12(4-5-12)7-14-10-3-2-8(11(15)16)6-9(10)13/h2-3,6,14H,4-5,7H2,1H3,(H,15,16). The van der Waals surface area contributed by atoms with Crippen molar-refractivity contribution >= 4 is 39.3 Å². The van der Waals surface area contributed by atoms with Crippen LogP contribution in [0.3, 0.4) is 0 Å². The highest BCUT2D eigenvalue weighted by Gasteiger charge is 2.41. The molecule has 2 rings (SSSR count). The molecular formula is C12H14BrNO2S. The van der Waals surface area contributed by atoms with Crippen LogP contribution in [0.2, 0.25) is 0 Å². The van der Waals surface area contributed by atoms with Gasteiger partial charge in [-0.05, 0) is 53.2 Å². The third-order valence-electron chi connectivity index (χ3n) is 3.06. The maximum Gasteiger partial charge on any atom is 0.335 e. The van der Waals surface area contributed by atoms with Crippen LogP contribution in [0.1, 0.15) is 23.2 Å². The highest BCUT2D eigenvalue weighted by Crippen LogP contribution is 2.47. The van der Waals surface area contributed by atoms with Crippen molar-refractivity contribution in [2.75, 3.05) is 18.1 Å². The molecule has 0 bridgehead atoms. The number of carboxylic acids is 1. The second kappa shape index (κ2) is 4.90. The summed E-state index contributed by atoms with van der Waals surface area (Å²) in [5.74, 6) is -0.903. The van der Waals surface area contributed by atoms with Gasteiger partial charge >= 0.3 is 5.97 Å². The lowest BCUT2D eigenvalue weighted by molar-refractivity contribution is 0.0697. The third-order valence-corrected chi connectivity index (χ3v) is 5.13. The van der Waals surface area contributed by atoms with Crippen LogP contribution in [-0.4, -0.2) is 28.6 Å². The predicted molar refractivity (Wildman–Crippen MR) is 75.1 cm³/mol. The van der Waals surface area contributed by atoms with E-state index in [4.69, 9.17) is 5.11 Å². The van der Waals surface area contributed by atoms with E-state index >= 15 is 0 Å². The SMILES string of the molecule is CSC1(CNc2ccc(C(=O)O)cc2Br)CC1. The van der Waals surface area contributed by atoms with Gasteiger partial charge in [-0.25, -0.2) is 4.79 Å². The van der Waals surface area contributed by atoms with Crippen LogP contribution in [0.4, 0.5) is 5.69 Å². The summed E-state index contributed by atoms with van der Waals surface area (Å²) in [7, 11) is 0. The van der Waals surface area contributed by atoms with E-state index in [1.54, 1.807) is 12.1 Å². The van der Waals surface area contributed by atoms with Crippen LogP contribution in [0.5, 0.6) is 0 Å². The van der Waals surface area contributed by atoms with Gasteiger partial charge in [-0.2, -0.15) is 11.8 Å². The fourth-order valence-electron chi connectivity index (χ4n) is 1.64. The molecule has 0 aliphatic heterocycles. The topological polar surface area (TPSA) is 49.3 Å². The lowest BCUT2D eigenvalue weighted by Crippen LogP contribution is -2.17. The van der Waals surface area contributed by atoms with Crippen molar-refractivity contribution < 1.29 is 9.90 Å². The molecule has 3 nitrogen and oxygen atoms in total. The van der Waals surface area contributed by atoms with E-state index < -0.39 is 5.97 Å². The summed E-state index contributed by atoms with van der Waals surface area (Å²) in [4.78, 5) is 10.8. The molecule has 1 aromatic carbocycles. The lowest BCUT2D eigenvalue weighted by atomic mass is 10.2. The molecule has 0 amide bonds. The van der Waals surface area contributed by atoms with Gasteiger partial charge in [0.15, 0.2) is 0 Å². The highest BCUT2D eigenvalue weighted by molar-refractivity contribution is 9.10. The first-order valence-corrected chi connectivity index (χ1v) is 7.40. The fraction of sp³-hybridized carbons (Fsp3) is 0.417. The molecule has 0 saturated heterocycles. The van der Waals surface area contributed by atoms with Gasteiger partial charge in [-0.15, -0.1) is 0 Å². The lowest BCUT2D eigenvalue weighted by Gasteiger charge is -2.15. The first-order valence-electron chi connectivity index (χ1n) is 5.38. The molecule has 1 saturated carbocycles. The first kappa shape index (κ1) is 12.8. The average molecular weight is 316 g/mol. The Balaban J connectivity index is 2.04. The van der Waals surface area contributed by atoms with Gasteiger partial charge in [0, 0.05) is 21.5 Å². The summed E-state index contributed by atoms with van der Waals surface area (Å²) in [5, 5.41) is 12.2. The van der Waals surface area contributed by atoms with Crippen molar-refractivity contribution in [1.29, 1.82) is 0 Å². The van der Waals surface area contributed by atoms with E-state index in [-0.39, 0.29) is 0 Å². The van der Waals surface area contributed by atoms with Crippen molar-refractivity contribution in [2.45, 2.75) is 17.6 Å². The van der Waals surface area contributed by atoms with Gasteiger partial charge in [-0.3, -0.25) is 0 Å². The number of carbonyl (C=O) groups is 1. The minimum absolute atomic E-state index is 0.299. The zero-order chi connectivity index (χ0) is 12.5. The molecule has 92 valence electrons. The van der Waals surface area contributed by atoms with Crippen LogP contribution in [0.15, 0.2) is 22.7 Å². The molecule has 0 atom stereocenters. The fourth-order valence-corrected chi connectivity index (χ4v) is 2.89. The second-order valence-corrected chi connectivity index (χ2v) is 6.37. The zero-order valence-corrected chi connectivity index (χ0v) is 11.9. The molecule has 0 unspecified atom stereocenters. The number of hydrogen-bond acceptors (Lipinski definition) is 3. The number of hydrogen-bond donors (Lipinski definition) is 2.